The van der Waals surface area contributed by atoms with Crippen molar-refractivity contribution in [3.8, 4) is 23.3 Å². The van der Waals surface area contributed by atoms with Gasteiger partial charge in [0.25, 0.3) is 5.91 Å². The van der Waals surface area contributed by atoms with Gasteiger partial charge >= 0.3 is 0 Å². The van der Waals surface area contributed by atoms with E-state index in [0.29, 0.717) is 0 Å². The minimum absolute atomic E-state index is 0.0470. The zero-order valence-corrected chi connectivity index (χ0v) is 22.9. The van der Waals surface area contributed by atoms with Gasteiger partial charge in [0.2, 0.25) is 0 Å². The van der Waals surface area contributed by atoms with Gasteiger partial charge in [-0.25, -0.2) is 17.8 Å². The van der Waals surface area contributed by atoms with Crippen LogP contribution in [0.4, 0.5) is 15.8 Å². The predicted molar refractivity (Wildman–Crippen MR) is 148 cm³/mol. The summed E-state index contributed by atoms with van der Waals surface area (Å²) in [7, 11) is -4.05. The highest BCUT2D eigenvalue weighted by Crippen LogP contribution is 2.51. The molecule has 2 aliphatic heterocycles. The molecule has 1 amide bonds. The summed E-state index contributed by atoms with van der Waals surface area (Å²) in [4.78, 5) is 23.2. The van der Waals surface area contributed by atoms with Gasteiger partial charge in [-0.2, -0.15) is 0 Å². The summed E-state index contributed by atoms with van der Waals surface area (Å²) in [6.07, 6.45) is 4.25. The average Bonchev–Trinajstić information content (AvgIpc) is 3.03. The molecule has 0 fully saturated rings. The second-order valence-electron chi connectivity index (χ2n) is 10.3. The van der Waals surface area contributed by atoms with Crippen LogP contribution in [0, 0.1) is 23.1 Å². The Labute approximate surface area is 231 Å². The third-order valence-corrected chi connectivity index (χ3v) is 8.99. The van der Waals surface area contributed by atoms with Gasteiger partial charge in [-0.15, -0.1) is 5.92 Å². The zero-order valence-electron chi connectivity index (χ0n) is 22.1. The topological polar surface area (TPSA) is 122 Å². The smallest absolute Gasteiger partial charge is 0.279 e. The zero-order chi connectivity index (χ0) is 28.7. The molecule has 0 saturated carbocycles. The van der Waals surface area contributed by atoms with Crippen LogP contribution in [-0.2, 0) is 9.84 Å². The number of ether oxygens (including phenoxy) is 1. The molecule has 40 heavy (non-hydrogen) atoms. The van der Waals surface area contributed by atoms with Crippen molar-refractivity contribution in [1.82, 2.24) is 9.97 Å². The number of rotatable bonds is 4. The van der Waals surface area contributed by atoms with Gasteiger partial charge in [-0.1, -0.05) is 25.8 Å². The van der Waals surface area contributed by atoms with E-state index in [4.69, 9.17) is 4.74 Å². The highest BCUT2D eigenvalue weighted by atomic mass is 32.2. The van der Waals surface area contributed by atoms with Crippen molar-refractivity contribution in [3.05, 3.63) is 82.7 Å². The first kappa shape index (κ1) is 27.1. The largest absolute Gasteiger partial charge is 0.506 e. The number of nitrogens with one attached hydrogen (secondary N) is 1. The van der Waals surface area contributed by atoms with Crippen LogP contribution in [0.1, 0.15) is 49.3 Å². The number of sulfone groups is 1. The van der Waals surface area contributed by atoms with E-state index >= 15 is 4.39 Å². The highest BCUT2D eigenvalue weighted by molar-refractivity contribution is 7.95. The molecule has 5 rings (SSSR count). The Morgan fingerprint density at radius 1 is 1.27 bits per heavy atom. The van der Waals surface area contributed by atoms with E-state index < -0.39 is 33.0 Å². The third-order valence-electron chi connectivity index (χ3n) is 6.69. The van der Waals surface area contributed by atoms with Gasteiger partial charge in [0.15, 0.2) is 9.84 Å². The van der Waals surface area contributed by atoms with Crippen LogP contribution in [0.15, 0.2) is 65.6 Å². The molecule has 1 atom stereocenters. The average molecular weight is 563 g/mol. The number of para-hydroxylation sites is 1. The molecule has 0 radical (unpaired) electrons. The standard InChI is InChI=1S/C29H27FN4O5S/c1-4-5-13-39-18-9-10-19(20(30)14-18)26-27-21(15-29(2,3)17-40(27,37)38)33-25-23(7-6-8-24(25)35)34(26)28(36)22-16-31-11-12-32-22/h6-12,14,16,26,33,35H,13,15,17H2,1-3H3. The third kappa shape index (κ3) is 4.98. The Morgan fingerprint density at radius 2 is 2.08 bits per heavy atom. The van der Waals surface area contributed by atoms with Gasteiger partial charge in [0.1, 0.15) is 41.3 Å². The summed E-state index contributed by atoms with van der Waals surface area (Å²) in [6.45, 7) is 5.33. The second kappa shape index (κ2) is 10.3. The molecule has 3 heterocycles. The van der Waals surface area contributed by atoms with Crippen molar-refractivity contribution in [3.63, 3.8) is 0 Å². The molecule has 1 aromatic heterocycles. The van der Waals surface area contributed by atoms with Gasteiger partial charge in [0, 0.05) is 29.7 Å². The molecule has 0 saturated heterocycles. The highest BCUT2D eigenvalue weighted by Gasteiger charge is 2.48. The van der Waals surface area contributed by atoms with E-state index in [1.54, 1.807) is 13.0 Å². The van der Waals surface area contributed by atoms with Crippen LogP contribution < -0.4 is 15.0 Å². The van der Waals surface area contributed by atoms with Crippen LogP contribution in [0.3, 0.4) is 0 Å². The summed E-state index contributed by atoms with van der Waals surface area (Å²) in [5.41, 5.74) is -0.267. The molecule has 0 bridgehead atoms. The minimum atomic E-state index is -4.05. The number of fused-ring (bicyclic) bond motifs is 1. The number of hydrogen-bond acceptors (Lipinski definition) is 8. The number of anilines is 2. The molecule has 0 aliphatic carbocycles. The first-order valence-electron chi connectivity index (χ1n) is 12.5. The summed E-state index contributed by atoms with van der Waals surface area (Å²) in [5, 5.41) is 14.0. The molecule has 2 N–H and O–H groups in total. The Bertz CT molecular complexity index is 1690. The molecule has 206 valence electrons. The van der Waals surface area contributed by atoms with Crippen molar-refractivity contribution >= 4 is 27.1 Å². The van der Waals surface area contributed by atoms with Crippen molar-refractivity contribution in [2.45, 2.75) is 33.2 Å². The quantitative estimate of drug-likeness (QED) is 0.350. The van der Waals surface area contributed by atoms with E-state index in [9.17, 15) is 18.3 Å². The van der Waals surface area contributed by atoms with Crippen LogP contribution in [0.5, 0.6) is 11.5 Å². The maximum absolute atomic E-state index is 16.0. The number of aromatic nitrogens is 2. The molecule has 1 unspecified atom stereocenters. The van der Waals surface area contributed by atoms with Crippen LogP contribution in [0.25, 0.3) is 0 Å². The van der Waals surface area contributed by atoms with E-state index in [1.165, 1.54) is 42.9 Å². The first-order chi connectivity index (χ1) is 19.0. The number of carbonyl (C=O) groups excluding carboxylic acids is 1. The molecular formula is C29H27FN4O5S. The van der Waals surface area contributed by atoms with Crippen molar-refractivity contribution in [2.24, 2.45) is 5.41 Å². The summed E-state index contributed by atoms with van der Waals surface area (Å²) < 4.78 is 49.4. The molecule has 11 heteroatoms. The normalized spacial score (nSPS) is 18.8. The molecule has 9 nitrogen and oxygen atoms in total. The van der Waals surface area contributed by atoms with E-state index in [1.807, 2.05) is 13.8 Å². The van der Waals surface area contributed by atoms with Crippen LogP contribution in [-0.4, -0.2) is 41.8 Å². The molecule has 2 aliphatic rings. The number of hydrogen-bond donors (Lipinski definition) is 2. The number of nitrogens with zero attached hydrogens (tertiary/aromatic N) is 3. The van der Waals surface area contributed by atoms with Crippen LogP contribution >= 0.6 is 0 Å². The van der Waals surface area contributed by atoms with E-state index in [0.717, 1.165) is 11.0 Å². The first-order valence-corrected chi connectivity index (χ1v) is 14.1. The van der Waals surface area contributed by atoms with Gasteiger partial charge < -0.3 is 15.2 Å². The van der Waals surface area contributed by atoms with E-state index in [-0.39, 0.29) is 63.5 Å². The number of phenols is 1. The van der Waals surface area contributed by atoms with E-state index in [2.05, 4.69) is 27.1 Å². The lowest BCUT2D eigenvalue weighted by Crippen LogP contribution is -2.41. The summed E-state index contributed by atoms with van der Waals surface area (Å²) in [5.74, 6) is 3.70. The Hall–Kier alpha value is -4.43. The molecule has 3 aromatic rings. The monoisotopic (exact) mass is 562 g/mol. The maximum Gasteiger partial charge on any atom is 0.279 e. The second-order valence-corrected chi connectivity index (χ2v) is 12.3. The SMILES string of the molecule is CC#CCOc1ccc(C2C3=C(CC(C)(C)CS3(=O)=O)Nc3c(O)cccc3N2C(=O)c2cnccn2)c(F)c1. The number of benzene rings is 2. The number of phenolic OH excluding ortho intramolecular Hbond substituents is 1. The number of aromatic hydroxyl groups is 1. The van der Waals surface area contributed by atoms with Crippen molar-refractivity contribution < 1.29 is 27.4 Å². The number of allylic oxidation sites excluding steroid dienone is 1. The Morgan fingerprint density at radius 3 is 2.77 bits per heavy atom. The van der Waals surface area contributed by atoms with Gasteiger partial charge in [0.05, 0.1) is 22.5 Å². The Balaban J connectivity index is 1.81. The lowest BCUT2D eigenvalue weighted by atomic mass is 9.88. The fourth-order valence-corrected chi connectivity index (χ4v) is 7.51. The van der Waals surface area contributed by atoms with Gasteiger partial charge in [-0.05, 0) is 43.0 Å². The van der Waals surface area contributed by atoms with Crippen molar-refractivity contribution in [2.75, 3.05) is 22.6 Å². The lowest BCUT2D eigenvalue weighted by molar-refractivity contribution is 0.0975. The fraction of sp³-hybridized carbons (Fsp3) is 0.276. The number of carbonyl (C=O) groups is 1. The molecule has 2 aromatic carbocycles. The van der Waals surface area contributed by atoms with Gasteiger partial charge in [-0.3, -0.25) is 14.7 Å². The molecule has 0 spiro atoms. The fourth-order valence-electron chi connectivity index (χ4n) is 5.15. The Kier molecular flexibility index (Phi) is 6.98. The summed E-state index contributed by atoms with van der Waals surface area (Å²) in [6, 6.07) is 7.12. The number of amides is 1. The summed E-state index contributed by atoms with van der Waals surface area (Å²) >= 11 is 0. The van der Waals surface area contributed by atoms with Crippen molar-refractivity contribution in [1.29, 1.82) is 0 Å². The minimum Gasteiger partial charge on any atom is -0.506 e. The molecular weight excluding hydrogens is 535 g/mol. The number of halogens is 1. The lowest BCUT2D eigenvalue weighted by Gasteiger charge is -2.37. The maximum atomic E-state index is 16.0. The predicted octanol–water partition coefficient (Wildman–Crippen LogP) is 4.59. The van der Waals surface area contributed by atoms with Crippen LogP contribution in [0.2, 0.25) is 0 Å².